The number of ether oxygens (including phenoxy) is 1. The first-order valence-electron chi connectivity index (χ1n) is 10.4. The Morgan fingerprint density at radius 2 is 1.86 bits per heavy atom. The molecule has 1 aliphatic heterocycles. The number of hydrogen-bond acceptors (Lipinski definition) is 6. The molecule has 1 aromatic heterocycles. The molecule has 0 spiro atoms. The van der Waals surface area contributed by atoms with E-state index in [9.17, 15) is 0 Å². The van der Waals surface area contributed by atoms with Crippen LogP contribution in [0.5, 0.6) is 5.75 Å². The predicted octanol–water partition coefficient (Wildman–Crippen LogP) is 4.97. The largest absolute Gasteiger partial charge is 0.494 e. The molecular formula is C22H29ClN4O2. The van der Waals surface area contributed by atoms with Gasteiger partial charge in [0.2, 0.25) is 0 Å². The van der Waals surface area contributed by atoms with Gasteiger partial charge in [-0.25, -0.2) is 0 Å². The average Bonchev–Trinajstić information content (AvgIpc) is 2.76. The van der Waals surface area contributed by atoms with Crippen molar-refractivity contribution in [1.82, 2.24) is 10.2 Å². The van der Waals surface area contributed by atoms with E-state index in [-0.39, 0.29) is 0 Å². The molecule has 0 N–H and O–H groups in total. The van der Waals surface area contributed by atoms with Gasteiger partial charge in [0.25, 0.3) is 0 Å². The molecule has 0 radical (unpaired) electrons. The Morgan fingerprint density at radius 1 is 1.10 bits per heavy atom. The van der Waals surface area contributed by atoms with Gasteiger partial charge >= 0.3 is 0 Å². The summed E-state index contributed by atoms with van der Waals surface area (Å²) >= 11 is 5.82. The van der Waals surface area contributed by atoms with Gasteiger partial charge in [0.15, 0.2) is 11.0 Å². The van der Waals surface area contributed by atoms with Crippen molar-refractivity contribution in [2.75, 3.05) is 31.2 Å². The number of benzene rings is 1. The van der Waals surface area contributed by atoms with Crippen LogP contribution in [0.25, 0.3) is 0 Å². The van der Waals surface area contributed by atoms with E-state index < -0.39 is 0 Å². The maximum Gasteiger partial charge on any atom is 0.151 e. The van der Waals surface area contributed by atoms with Crippen molar-refractivity contribution in [1.29, 1.82) is 0 Å². The van der Waals surface area contributed by atoms with Crippen molar-refractivity contribution in [2.24, 2.45) is 11.1 Å². The normalized spacial score (nSPS) is 15.4. The molecule has 0 amide bonds. The molecule has 7 heteroatoms. The van der Waals surface area contributed by atoms with Gasteiger partial charge in [0.1, 0.15) is 12.4 Å². The topological polar surface area (TPSA) is 59.8 Å². The fourth-order valence-electron chi connectivity index (χ4n) is 3.48. The fraction of sp³-hybridized carbons (Fsp3) is 0.500. The molecule has 0 bridgehead atoms. The Bertz CT molecular complexity index is 772. The standard InChI is InChI=1S/C22H29ClN4O2/c1-3-20(26-29-4-2)18-5-7-19(8-6-18)28-16-13-17-11-14-27(15-12-17)22-10-9-21(23)24-25-22/h5-10,17H,3-4,11-16H2,1-2H3. The minimum absolute atomic E-state index is 0.432. The summed E-state index contributed by atoms with van der Waals surface area (Å²) in [5.74, 6) is 2.48. The van der Waals surface area contributed by atoms with Gasteiger partial charge in [-0.15, -0.1) is 10.2 Å². The monoisotopic (exact) mass is 416 g/mol. The van der Waals surface area contributed by atoms with Gasteiger partial charge in [-0.1, -0.05) is 23.7 Å². The van der Waals surface area contributed by atoms with E-state index in [1.807, 2.05) is 37.3 Å². The maximum absolute atomic E-state index is 5.96. The van der Waals surface area contributed by atoms with Gasteiger partial charge in [-0.3, -0.25) is 0 Å². The Morgan fingerprint density at radius 3 is 2.48 bits per heavy atom. The summed E-state index contributed by atoms with van der Waals surface area (Å²) in [5.41, 5.74) is 2.03. The molecule has 0 atom stereocenters. The lowest BCUT2D eigenvalue weighted by atomic mass is 9.94. The van der Waals surface area contributed by atoms with Gasteiger partial charge in [-0.05, 0) is 80.5 Å². The minimum atomic E-state index is 0.432. The average molecular weight is 417 g/mol. The second-order valence-electron chi connectivity index (χ2n) is 7.12. The zero-order valence-electron chi connectivity index (χ0n) is 17.2. The maximum atomic E-state index is 5.96. The van der Waals surface area contributed by atoms with Crippen LogP contribution in [0.2, 0.25) is 5.15 Å². The van der Waals surface area contributed by atoms with Crippen LogP contribution in [0.3, 0.4) is 0 Å². The predicted molar refractivity (Wildman–Crippen MR) is 117 cm³/mol. The SMILES string of the molecule is CCON=C(CC)c1ccc(OCCC2CCN(c3ccc(Cl)nn3)CC2)cc1. The van der Waals surface area contributed by atoms with Crippen molar-refractivity contribution >= 4 is 23.1 Å². The number of halogens is 1. The van der Waals surface area contributed by atoms with E-state index in [1.165, 1.54) is 0 Å². The summed E-state index contributed by atoms with van der Waals surface area (Å²) in [6.07, 6.45) is 4.18. The molecule has 0 saturated carbocycles. The first-order chi connectivity index (χ1) is 14.2. The van der Waals surface area contributed by atoms with Crippen LogP contribution in [0, 0.1) is 5.92 Å². The zero-order chi connectivity index (χ0) is 20.5. The molecule has 1 aromatic carbocycles. The molecule has 0 unspecified atom stereocenters. The van der Waals surface area contributed by atoms with E-state index in [0.29, 0.717) is 17.7 Å². The first kappa shape index (κ1) is 21.4. The van der Waals surface area contributed by atoms with Gasteiger partial charge in [0.05, 0.1) is 12.3 Å². The van der Waals surface area contributed by atoms with E-state index >= 15 is 0 Å². The van der Waals surface area contributed by atoms with Crippen LogP contribution in [0.15, 0.2) is 41.6 Å². The van der Waals surface area contributed by atoms with E-state index in [1.54, 1.807) is 6.07 Å². The van der Waals surface area contributed by atoms with Crippen molar-refractivity contribution in [2.45, 2.75) is 39.5 Å². The van der Waals surface area contributed by atoms with Crippen molar-refractivity contribution in [3.05, 3.63) is 47.1 Å². The second kappa shape index (κ2) is 11.0. The third kappa shape index (κ3) is 6.32. The number of hydrogen-bond donors (Lipinski definition) is 0. The summed E-state index contributed by atoms with van der Waals surface area (Å²) in [5, 5.41) is 12.7. The molecule has 156 valence electrons. The molecule has 1 aliphatic rings. The first-order valence-corrected chi connectivity index (χ1v) is 10.7. The lowest BCUT2D eigenvalue weighted by Crippen LogP contribution is -2.34. The number of piperidine rings is 1. The van der Waals surface area contributed by atoms with Crippen LogP contribution in [0.4, 0.5) is 5.82 Å². The molecule has 29 heavy (non-hydrogen) atoms. The lowest BCUT2D eigenvalue weighted by Gasteiger charge is -2.32. The highest BCUT2D eigenvalue weighted by molar-refractivity contribution is 6.29. The summed E-state index contributed by atoms with van der Waals surface area (Å²) in [7, 11) is 0. The Labute approximate surface area is 177 Å². The van der Waals surface area contributed by atoms with Crippen molar-refractivity contribution in [3.63, 3.8) is 0 Å². The number of nitrogens with zero attached hydrogens (tertiary/aromatic N) is 4. The van der Waals surface area contributed by atoms with Gasteiger partial charge in [-0.2, -0.15) is 0 Å². The van der Waals surface area contributed by atoms with Crippen LogP contribution in [-0.4, -0.2) is 42.2 Å². The smallest absolute Gasteiger partial charge is 0.151 e. The summed E-state index contributed by atoms with van der Waals surface area (Å²) in [4.78, 5) is 7.46. The summed E-state index contributed by atoms with van der Waals surface area (Å²) in [6, 6.07) is 11.8. The Hall–Kier alpha value is -2.34. The number of oxime groups is 1. The van der Waals surface area contributed by atoms with E-state index in [4.69, 9.17) is 21.2 Å². The van der Waals surface area contributed by atoms with Gasteiger partial charge in [0, 0.05) is 13.1 Å². The second-order valence-corrected chi connectivity index (χ2v) is 7.50. The Kier molecular flexibility index (Phi) is 8.11. The number of anilines is 1. The van der Waals surface area contributed by atoms with E-state index in [0.717, 1.165) is 68.2 Å². The zero-order valence-corrected chi connectivity index (χ0v) is 17.9. The highest BCUT2D eigenvalue weighted by Gasteiger charge is 2.20. The molecule has 1 saturated heterocycles. The van der Waals surface area contributed by atoms with Crippen LogP contribution in [-0.2, 0) is 4.84 Å². The summed E-state index contributed by atoms with van der Waals surface area (Å²) in [6.45, 7) is 7.31. The third-order valence-corrected chi connectivity index (χ3v) is 5.38. The lowest BCUT2D eigenvalue weighted by molar-refractivity contribution is 0.158. The highest BCUT2D eigenvalue weighted by atomic mass is 35.5. The molecule has 0 aliphatic carbocycles. The fourth-order valence-corrected chi connectivity index (χ4v) is 3.58. The molecule has 1 fully saturated rings. The van der Waals surface area contributed by atoms with Crippen molar-refractivity contribution in [3.8, 4) is 5.75 Å². The minimum Gasteiger partial charge on any atom is -0.494 e. The van der Waals surface area contributed by atoms with Crippen LogP contribution >= 0.6 is 11.6 Å². The Balaban J connectivity index is 1.41. The highest BCUT2D eigenvalue weighted by Crippen LogP contribution is 2.24. The van der Waals surface area contributed by atoms with Crippen molar-refractivity contribution < 1.29 is 9.57 Å². The molecule has 2 aromatic rings. The third-order valence-electron chi connectivity index (χ3n) is 5.18. The molecule has 6 nitrogen and oxygen atoms in total. The van der Waals surface area contributed by atoms with Gasteiger partial charge < -0.3 is 14.5 Å². The molecular weight excluding hydrogens is 388 g/mol. The summed E-state index contributed by atoms with van der Waals surface area (Å²) < 4.78 is 5.96. The molecule has 3 rings (SSSR count). The van der Waals surface area contributed by atoms with Crippen LogP contribution < -0.4 is 9.64 Å². The van der Waals surface area contributed by atoms with E-state index in [2.05, 4.69) is 27.2 Å². The number of aromatic nitrogens is 2. The number of rotatable bonds is 9. The van der Waals surface area contributed by atoms with Crippen LogP contribution in [0.1, 0.15) is 45.1 Å². The quantitative estimate of drug-likeness (QED) is 0.426. The molecule has 2 heterocycles.